The Morgan fingerprint density at radius 2 is 1.97 bits per heavy atom. The predicted octanol–water partition coefficient (Wildman–Crippen LogP) is 4.74. The topological polar surface area (TPSA) is 109 Å². The molecular formula is C27H21FN4O5. The zero-order valence-corrected chi connectivity index (χ0v) is 19.7. The van der Waals surface area contributed by atoms with Gasteiger partial charge in [-0.25, -0.2) is 9.18 Å². The fraction of sp³-hybridized carbons (Fsp3) is 0.185. The van der Waals surface area contributed by atoms with Crippen LogP contribution in [0.1, 0.15) is 29.2 Å². The first kappa shape index (κ1) is 22.7. The van der Waals surface area contributed by atoms with E-state index in [-0.39, 0.29) is 12.4 Å². The third-order valence-electron chi connectivity index (χ3n) is 6.35. The van der Waals surface area contributed by atoms with Crippen LogP contribution in [-0.2, 0) is 18.3 Å². The third-order valence-corrected chi connectivity index (χ3v) is 6.35. The summed E-state index contributed by atoms with van der Waals surface area (Å²) in [4.78, 5) is 12.4. The number of rotatable bonds is 6. The second kappa shape index (κ2) is 9.05. The van der Waals surface area contributed by atoms with Crippen LogP contribution >= 0.6 is 0 Å². The Morgan fingerprint density at radius 3 is 2.73 bits per heavy atom. The van der Waals surface area contributed by atoms with Crippen molar-refractivity contribution < 1.29 is 28.5 Å². The van der Waals surface area contributed by atoms with Crippen molar-refractivity contribution in [2.45, 2.75) is 18.9 Å². The van der Waals surface area contributed by atoms with Crippen LogP contribution in [0.3, 0.4) is 0 Å². The van der Waals surface area contributed by atoms with Gasteiger partial charge in [0.25, 0.3) is 0 Å². The Labute approximate surface area is 210 Å². The van der Waals surface area contributed by atoms with E-state index in [1.165, 1.54) is 10.9 Å². The molecule has 0 radical (unpaired) electrons. The van der Waals surface area contributed by atoms with E-state index in [2.05, 4.69) is 15.4 Å². The number of aromatic nitrogens is 4. The number of halogens is 1. The van der Waals surface area contributed by atoms with Gasteiger partial charge in [-0.05, 0) is 66.6 Å². The first-order chi connectivity index (χ1) is 17.9. The molecule has 9 nitrogen and oxygen atoms in total. The molecule has 37 heavy (non-hydrogen) atoms. The first-order valence-electron chi connectivity index (χ1n) is 11.7. The molecule has 1 aliphatic carbocycles. The molecule has 0 amide bonds. The maximum atomic E-state index is 15.0. The SMILES string of the molecule is Cn1nnc(-c2ccc(Oc3ccc(F)c4c3CCC4Oc3ccc4c(c3)OCC4=CC(=O)O)cc2)n1. The molecule has 2 heterocycles. The second-order valence-corrected chi connectivity index (χ2v) is 8.77. The van der Waals surface area contributed by atoms with Gasteiger partial charge in [-0.2, -0.15) is 4.80 Å². The van der Waals surface area contributed by atoms with E-state index in [9.17, 15) is 9.18 Å². The minimum Gasteiger partial charge on any atom is -0.488 e. The molecule has 0 fully saturated rings. The van der Waals surface area contributed by atoms with Gasteiger partial charge in [0.15, 0.2) is 0 Å². The molecule has 0 saturated heterocycles. The lowest BCUT2D eigenvalue weighted by atomic mass is 10.1. The summed E-state index contributed by atoms with van der Waals surface area (Å²) in [6, 6.07) is 15.5. The van der Waals surface area contributed by atoms with Crippen LogP contribution in [0.4, 0.5) is 4.39 Å². The number of benzene rings is 3. The fourth-order valence-electron chi connectivity index (χ4n) is 4.68. The number of ether oxygens (including phenoxy) is 3. The van der Waals surface area contributed by atoms with Crippen molar-refractivity contribution in [2.24, 2.45) is 7.05 Å². The Hall–Kier alpha value is -4.73. The van der Waals surface area contributed by atoms with Crippen molar-refractivity contribution in [3.8, 4) is 34.4 Å². The summed E-state index contributed by atoms with van der Waals surface area (Å²) in [5.41, 5.74) is 3.36. The van der Waals surface area contributed by atoms with E-state index in [0.29, 0.717) is 58.4 Å². The Morgan fingerprint density at radius 1 is 1.16 bits per heavy atom. The van der Waals surface area contributed by atoms with Crippen molar-refractivity contribution in [3.63, 3.8) is 0 Å². The number of hydrogen-bond donors (Lipinski definition) is 1. The van der Waals surface area contributed by atoms with E-state index in [1.807, 2.05) is 24.3 Å². The monoisotopic (exact) mass is 500 g/mol. The van der Waals surface area contributed by atoms with E-state index >= 15 is 0 Å². The number of aliphatic carboxylic acids is 1. The summed E-state index contributed by atoms with van der Waals surface area (Å²) in [5, 5.41) is 21.1. The molecule has 3 aromatic carbocycles. The largest absolute Gasteiger partial charge is 0.488 e. The Balaban J connectivity index is 1.21. The Kier molecular flexibility index (Phi) is 5.56. The molecule has 0 bridgehead atoms. The van der Waals surface area contributed by atoms with Crippen molar-refractivity contribution in [3.05, 3.63) is 83.2 Å². The van der Waals surface area contributed by atoms with Crippen molar-refractivity contribution >= 4 is 11.5 Å². The summed E-state index contributed by atoms with van der Waals surface area (Å²) in [6.45, 7) is 0.183. The lowest BCUT2D eigenvalue weighted by Gasteiger charge is -2.17. The van der Waals surface area contributed by atoms with Crippen LogP contribution in [0.5, 0.6) is 23.0 Å². The van der Waals surface area contributed by atoms with Crippen molar-refractivity contribution in [2.75, 3.05) is 6.61 Å². The summed E-state index contributed by atoms with van der Waals surface area (Å²) in [6.07, 6.45) is 1.83. The molecule has 10 heteroatoms. The zero-order valence-electron chi connectivity index (χ0n) is 19.7. The average molecular weight is 500 g/mol. The third kappa shape index (κ3) is 4.37. The van der Waals surface area contributed by atoms with Crippen LogP contribution in [0.2, 0.25) is 0 Å². The lowest BCUT2D eigenvalue weighted by molar-refractivity contribution is -0.131. The molecular weight excluding hydrogens is 479 g/mol. The number of tetrazole rings is 1. The first-order valence-corrected chi connectivity index (χ1v) is 11.7. The highest BCUT2D eigenvalue weighted by molar-refractivity contribution is 5.92. The summed E-state index contributed by atoms with van der Waals surface area (Å²) < 4.78 is 32.8. The maximum Gasteiger partial charge on any atom is 0.328 e. The zero-order chi connectivity index (χ0) is 25.5. The maximum absolute atomic E-state index is 15.0. The van der Waals surface area contributed by atoms with Crippen molar-refractivity contribution in [1.29, 1.82) is 0 Å². The molecule has 6 rings (SSSR count). The van der Waals surface area contributed by atoms with Gasteiger partial charge in [-0.15, -0.1) is 10.2 Å². The lowest BCUT2D eigenvalue weighted by Crippen LogP contribution is -2.06. The molecule has 0 saturated carbocycles. The van der Waals surface area contributed by atoms with E-state index in [0.717, 1.165) is 17.2 Å². The van der Waals surface area contributed by atoms with E-state index < -0.39 is 12.1 Å². The van der Waals surface area contributed by atoms with Crippen LogP contribution in [0.25, 0.3) is 17.0 Å². The van der Waals surface area contributed by atoms with E-state index in [1.54, 1.807) is 31.3 Å². The van der Waals surface area contributed by atoms with Crippen LogP contribution < -0.4 is 14.2 Å². The number of nitrogens with zero attached hydrogens (tertiary/aromatic N) is 4. The highest BCUT2D eigenvalue weighted by Crippen LogP contribution is 2.44. The molecule has 1 aromatic heterocycles. The van der Waals surface area contributed by atoms with Gasteiger partial charge in [-0.3, -0.25) is 0 Å². The molecule has 1 N–H and O–H groups in total. The molecule has 0 spiro atoms. The molecule has 4 aromatic rings. The molecule has 1 atom stereocenters. The normalized spacial score (nSPS) is 16.8. The van der Waals surface area contributed by atoms with Crippen molar-refractivity contribution in [1.82, 2.24) is 20.2 Å². The van der Waals surface area contributed by atoms with Gasteiger partial charge in [0, 0.05) is 40.0 Å². The predicted molar refractivity (Wildman–Crippen MR) is 130 cm³/mol. The minimum absolute atomic E-state index is 0.183. The number of carbonyl (C=O) groups is 1. The van der Waals surface area contributed by atoms with Crippen LogP contribution in [0, 0.1) is 5.82 Å². The summed E-state index contributed by atoms with van der Waals surface area (Å²) >= 11 is 0. The van der Waals surface area contributed by atoms with Gasteiger partial charge in [0.1, 0.15) is 41.5 Å². The molecule has 186 valence electrons. The van der Waals surface area contributed by atoms with Gasteiger partial charge in [0.2, 0.25) is 5.82 Å². The van der Waals surface area contributed by atoms with Gasteiger partial charge >= 0.3 is 5.97 Å². The smallest absolute Gasteiger partial charge is 0.328 e. The number of carboxylic acids is 1. The summed E-state index contributed by atoms with van der Waals surface area (Å²) in [5.74, 6) is 1.38. The minimum atomic E-state index is -1.03. The number of hydrogen-bond acceptors (Lipinski definition) is 7. The number of aryl methyl sites for hydroxylation is 1. The highest BCUT2D eigenvalue weighted by atomic mass is 19.1. The highest BCUT2D eigenvalue weighted by Gasteiger charge is 2.31. The molecule has 1 unspecified atom stereocenters. The number of fused-ring (bicyclic) bond motifs is 2. The van der Waals surface area contributed by atoms with Gasteiger partial charge < -0.3 is 19.3 Å². The number of carboxylic acid groups (broad SMARTS) is 1. The van der Waals surface area contributed by atoms with Gasteiger partial charge in [-0.1, -0.05) is 0 Å². The Bertz CT molecular complexity index is 1550. The van der Waals surface area contributed by atoms with Crippen LogP contribution in [-0.4, -0.2) is 37.9 Å². The quantitative estimate of drug-likeness (QED) is 0.379. The van der Waals surface area contributed by atoms with Crippen LogP contribution in [0.15, 0.2) is 60.7 Å². The van der Waals surface area contributed by atoms with Gasteiger partial charge in [0.05, 0.1) is 7.05 Å². The fourth-order valence-corrected chi connectivity index (χ4v) is 4.68. The standard InChI is InChI=1S/C27H21FN4O5/c1-32-30-27(29-31-32)15-2-4-17(5-3-15)36-22-11-9-21(28)26-20(22)8-10-23(26)37-18-6-7-19-16(12-25(33)34)14-35-24(19)13-18/h2-7,9,11-13,23H,8,10,14H2,1H3,(H,33,34). The summed E-state index contributed by atoms with van der Waals surface area (Å²) in [7, 11) is 1.70. The molecule has 1 aliphatic heterocycles. The van der Waals surface area contributed by atoms with E-state index in [4.69, 9.17) is 19.3 Å². The average Bonchev–Trinajstić information content (AvgIpc) is 3.61. The second-order valence-electron chi connectivity index (χ2n) is 8.77. The molecule has 2 aliphatic rings.